The van der Waals surface area contributed by atoms with Crippen molar-refractivity contribution in [1.82, 2.24) is 9.99 Å². The van der Waals surface area contributed by atoms with E-state index in [1.165, 1.54) is 17.9 Å². The lowest BCUT2D eigenvalue weighted by molar-refractivity contribution is -0.121. The molecule has 0 atom stereocenters. The van der Waals surface area contributed by atoms with Crippen LogP contribution in [0.5, 0.6) is 11.5 Å². The van der Waals surface area contributed by atoms with Crippen LogP contribution in [0.15, 0.2) is 32.6 Å². The molecule has 0 aliphatic heterocycles. The lowest BCUT2D eigenvalue weighted by Crippen LogP contribution is -2.33. The van der Waals surface area contributed by atoms with Gasteiger partial charge < -0.3 is 18.8 Å². The first-order chi connectivity index (χ1) is 15.4. The van der Waals surface area contributed by atoms with E-state index in [2.05, 4.69) is 26.5 Å². The molecule has 10 heteroatoms. The molecule has 1 amide bonds. The zero-order valence-corrected chi connectivity index (χ0v) is 20.0. The number of ether oxygens (including phenoxy) is 3. The predicted molar refractivity (Wildman–Crippen MR) is 123 cm³/mol. The number of aryl methyl sites for hydroxylation is 1. The van der Waals surface area contributed by atoms with Crippen molar-refractivity contribution in [1.29, 1.82) is 5.26 Å². The molecule has 0 unspecified atom stereocenters. The molecule has 2 rings (SSSR count). The zero-order chi connectivity index (χ0) is 23.7. The number of aromatic nitrogens is 1. The lowest BCUT2D eigenvalue weighted by atomic mass is 10.1. The molecule has 9 nitrogen and oxygen atoms in total. The van der Waals surface area contributed by atoms with Gasteiger partial charge in [-0.25, -0.2) is 5.43 Å². The van der Waals surface area contributed by atoms with Crippen molar-refractivity contribution in [2.45, 2.75) is 33.9 Å². The number of hydrogen-bond donors (Lipinski definition) is 1. The highest BCUT2D eigenvalue weighted by Gasteiger charge is 2.15. The van der Waals surface area contributed by atoms with Gasteiger partial charge in [-0.05, 0) is 60.5 Å². The standard InChI is InChI=1S/C22H25BrN4O5/c1-5-31-19-9-15(8-18(23)21(19)32-6-2)11-25-26-20(28)12-27-14(3)7-16(13-30-4)17(10-24)22(27)29/h7-9,11H,5-6,12-13H2,1-4H3,(H,26,28)/b25-11+. The highest BCUT2D eigenvalue weighted by Crippen LogP contribution is 2.36. The minimum absolute atomic E-state index is 0.0450. The number of benzene rings is 1. The molecule has 1 aromatic carbocycles. The molecular formula is C22H25BrN4O5. The summed E-state index contributed by atoms with van der Waals surface area (Å²) in [7, 11) is 1.48. The van der Waals surface area contributed by atoms with Crippen molar-refractivity contribution in [3.63, 3.8) is 0 Å². The van der Waals surface area contributed by atoms with Gasteiger partial charge in [0, 0.05) is 18.4 Å². The third-order valence-electron chi connectivity index (χ3n) is 4.33. The number of nitriles is 1. The van der Waals surface area contributed by atoms with Crippen molar-refractivity contribution >= 4 is 28.1 Å². The molecule has 0 fully saturated rings. The Labute approximate surface area is 194 Å². The van der Waals surface area contributed by atoms with Crippen LogP contribution in [-0.4, -0.2) is 37.0 Å². The highest BCUT2D eigenvalue weighted by molar-refractivity contribution is 9.10. The molecule has 2 aromatic rings. The molecule has 1 heterocycles. The summed E-state index contributed by atoms with van der Waals surface area (Å²) in [4.78, 5) is 25.0. The van der Waals surface area contributed by atoms with E-state index in [1.54, 1.807) is 25.1 Å². The highest BCUT2D eigenvalue weighted by atomic mass is 79.9. The van der Waals surface area contributed by atoms with E-state index in [-0.39, 0.29) is 18.7 Å². The van der Waals surface area contributed by atoms with Crippen LogP contribution < -0.4 is 20.5 Å². The molecule has 1 aromatic heterocycles. The van der Waals surface area contributed by atoms with Gasteiger partial charge in [0.25, 0.3) is 11.5 Å². The molecule has 32 heavy (non-hydrogen) atoms. The third-order valence-corrected chi connectivity index (χ3v) is 4.91. The van der Waals surface area contributed by atoms with Crippen LogP contribution in [0.1, 0.15) is 36.2 Å². The van der Waals surface area contributed by atoms with Gasteiger partial charge in [0.1, 0.15) is 18.2 Å². The monoisotopic (exact) mass is 504 g/mol. The van der Waals surface area contributed by atoms with E-state index < -0.39 is 11.5 Å². The number of nitrogens with one attached hydrogen (secondary N) is 1. The van der Waals surface area contributed by atoms with Gasteiger partial charge in [0.05, 0.1) is 30.5 Å². The molecule has 0 spiro atoms. The van der Waals surface area contributed by atoms with Gasteiger partial charge in [-0.3, -0.25) is 9.59 Å². The molecule has 0 radical (unpaired) electrons. The topological polar surface area (TPSA) is 115 Å². The van der Waals surface area contributed by atoms with Crippen LogP contribution in [0.3, 0.4) is 0 Å². The fraction of sp³-hybridized carbons (Fsp3) is 0.364. The number of methoxy groups -OCH3 is 1. The van der Waals surface area contributed by atoms with E-state index >= 15 is 0 Å². The van der Waals surface area contributed by atoms with Gasteiger partial charge in [-0.2, -0.15) is 10.4 Å². The maximum atomic E-state index is 12.6. The van der Waals surface area contributed by atoms with Crippen LogP contribution in [0.25, 0.3) is 0 Å². The number of carbonyl (C=O) groups is 1. The average Bonchev–Trinajstić information content (AvgIpc) is 2.74. The zero-order valence-electron chi connectivity index (χ0n) is 18.4. The van der Waals surface area contributed by atoms with E-state index in [1.807, 2.05) is 19.9 Å². The SMILES string of the molecule is CCOc1cc(/C=N/NC(=O)Cn2c(C)cc(COC)c(C#N)c2=O)cc(Br)c1OCC. The first kappa shape index (κ1) is 25.1. The van der Waals surface area contributed by atoms with Crippen molar-refractivity contribution < 1.29 is 19.0 Å². The molecule has 170 valence electrons. The van der Waals surface area contributed by atoms with Crippen molar-refractivity contribution in [2.75, 3.05) is 20.3 Å². The number of nitrogens with zero attached hydrogens (tertiary/aromatic N) is 3. The van der Waals surface area contributed by atoms with Gasteiger partial charge in [-0.15, -0.1) is 0 Å². The normalized spacial score (nSPS) is 10.8. The average molecular weight is 505 g/mol. The van der Waals surface area contributed by atoms with E-state index in [4.69, 9.17) is 14.2 Å². The minimum atomic E-state index is -0.546. The Morgan fingerprint density at radius 3 is 2.62 bits per heavy atom. The summed E-state index contributed by atoms with van der Waals surface area (Å²) in [6, 6.07) is 7.08. The van der Waals surface area contributed by atoms with Crippen LogP contribution in [0.4, 0.5) is 0 Å². The summed E-state index contributed by atoms with van der Waals surface area (Å²) in [6.07, 6.45) is 1.46. The minimum Gasteiger partial charge on any atom is -0.490 e. The summed E-state index contributed by atoms with van der Waals surface area (Å²) >= 11 is 3.45. The Hall–Kier alpha value is -3.16. The van der Waals surface area contributed by atoms with Crippen LogP contribution in [-0.2, 0) is 22.7 Å². The molecule has 0 saturated heterocycles. The van der Waals surface area contributed by atoms with Crippen molar-refractivity contribution in [3.8, 4) is 17.6 Å². The largest absolute Gasteiger partial charge is 0.490 e. The Balaban J connectivity index is 2.17. The van der Waals surface area contributed by atoms with E-state index in [9.17, 15) is 14.9 Å². The number of hydrazone groups is 1. The van der Waals surface area contributed by atoms with Gasteiger partial charge >= 0.3 is 0 Å². The molecule has 1 N–H and O–H groups in total. The predicted octanol–water partition coefficient (Wildman–Crippen LogP) is 2.89. The second-order valence-corrected chi connectivity index (χ2v) is 7.47. The Morgan fingerprint density at radius 2 is 2.00 bits per heavy atom. The van der Waals surface area contributed by atoms with Gasteiger partial charge in [0.15, 0.2) is 11.5 Å². The van der Waals surface area contributed by atoms with Gasteiger partial charge in [-0.1, -0.05) is 0 Å². The second-order valence-electron chi connectivity index (χ2n) is 6.61. The number of amides is 1. The maximum absolute atomic E-state index is 12.6. The summed E-state index contributed by atoms with van der Waals surface area (Å²) in [5, 5.41) is 13.3. The van der Waals surface area contributed by atoms with E-state index in [0.29, 0.717) is 46.0 Å². The number of carbonyl (C=O) groups excluding carboxylic acids is 1. The molecular weight excluding hydrogens is 480 g/mol. The Morgan fingerprint density at radius 1 is 1.28 bits per heavy atom. The first-order valence-corrected chi connectivity index (χ1v) is 10.7. The van der Waals surface area contributed by atoms with Gasteiger partial charge in [0.2, 0.25) is 0 Å². The fourth-order valence-electron chi connectivity index (χ4n) is 2.99. The summed E-state index contributed by atoms with van der Waals surface area (Å²) < 4.78 is 18.2. The second kappa shape index (κ2) is 12.0. The Kier molecular flexibility index (Phi) is 9.43. The van der Waals surface area contributed by atoms with Crippen LogP contribution in [0, 0.1) is 18.3 Å². The van der Waals surface area contributed by atoms with Crippen LogP contribution >= 0.6 is 15.9 Å². The number of halogens is 1. The quantitative estimate of drug-likeness (QED) is 0.392. The summed E-state index contributed by atoms with van der Waals surface area (Å²) in [5.74, 6) is 0.638. The molecule has 0 bridgehead atoms. The lowest BCUT2D eigenvalue weighted by Gasteiger charge is -2.13. The number of pyridine rings is 1. The van der Waals surface area contributed by atoms with E-state index in [0.717, 1.165) is 0 Å². The van der Waals surface area contributed by atoms with Crippen molar-refractivity contribution in [3.05, 3.63) is 55.4 Å². The summed E-state index contributed by atoms with van der Waals surface area (Å²) in [6.45, 7) is 6.25. The fourth-order valence-corrected chi connectivity index (χ4v) is 3.56. The Bertz CT molecular complexity index is 1100. The number of hydrogen-bond acceptors (Lipinski definition) is 7. The molecule has 0 aliphatic carbocycles. The maximum Gasteiger partial charge on any atom is 0.269 e. The molecule has 0 aliphatic rings. The van der Waals surface area contributed by atoms with Crippen LogP contribution in [0.2, 0.25) is 0 Å². The third kappa shape index (κ3) is 6.18. The first-order valence-electron chi connectivity index (χ1n) is 9.89. The van der Waals surface area contributed by atoms with Crippen molar-refractivity contribution in [2.24, 2.45) is 5.10 Å². The summed E-state index contributed by atoms with van der Waals surface area (Å²) in [5.41, 5.74) is 3.50. The smallest absolute Gasteiger partial charge is 0.269 e. The molecule has 0 saturated carbocycles. The number of rotatable bonds is 10.